The van der Waals surface area contributed by atoms with Crippen molar-refractivity contribution in [2.45, 2.75) is 12.0 Å². The Labute approximate surface area is 140 Å². The van der Waals surface area contributed by atoms with Gasteiger partial charge in [0.05, 0.1) is 27.2 Å². The number of hydrogen-bond donors (Lipinski definition) is 2. The molecule has 0 saturated carbocycles. The number of carbonyl (C=O) groups excluding carboxylic acids is 1. The van der Waals surface area contributed by atoms with Gasteiger partial charge < -0.3 is 24.4 Å². The Morgan fingerprint density at radius 3 is 2.25 bits per heavy atom. The molecular formula is C18H20O6. The first-order chi connectivity index (χ1) is 11.5. The van der Waals surface area contributed by atoms with Crippen LogP contribution in [0.25, 0.3) is 0 Å². The zero-order valence-electron chi connectivity index (χ0n) is 13.7. The molecule has 2 aromatic carbocycles. The summed E-state index contributed by atoms with van der Waals surface area (Å²) in [5.74, 6) is -1.13. The fourth-order valence-electron chi connectivity index (χ4n) is 2.61. The number of aromatic hydroxyl groups is 1. The molecule has 2 atom stereocenters. The Morgan fingerprint density at radius 1 is 1.04 bits per heavy atom. The third kappa shape index (κ3) is 3.44. The van der Waals surface area contributed by atoms with Gasteiger partial charge >= 0.3 is 5.97 Å². The van der Waals surface area contributed by atoms with Crippen LogP contribution in [0.4, 0.5) is 0 Å². The SMILES string of the molecule is COC(=O)[C@@H](O)[C@@H](c1ccccc1)c1c(O)cc(OC)cc1OC. The molecule has 0 fully saturated rings. The van der Waals surface area contributed by atoms with E-state index in [1.165, 1.54) is 27.4 Å². The second-order valence-electron chi connectivity index (χ2n) is 5.12. The molecule has 0 heterocycles. The number of ether oxygens (including phenoxy) is 3. The average Bonchev–Trinajstić information content (AvgIpc) is 2.62. The minimum absolute atomic E-state index is 0.150. The first-order valence-electron chi connectivity index (χ1n) is 7.29. The molecule has 2 aromatic rings. The number of carbonyl (C=O) groups is 1. The summed E-state index contributed by atoms with van der Waals surface area (Å²) in [7, 11) is 4.09. The standard InChI is InChI=1S/C18H20O6/c1-22-12-9-13(19)16(14(10-12)23-2)15(17(20)18(21)24-3)11-7-5-4-6-8-11/h4-10,15,17,19-20H,1-3H3/t15-,17-/m0/s1. The van der Waals surface area contributed by atoms with Crippen LogP contribution in [0.3, 0.4) is 0 Å². The molecule has 0 aliphatic heterocycles. The molecule has 0 amide bonds. The third-order valence-corrected chi connectivity index (χ3v) is 3.78. The van der Waals surface area contributed by atoms with Crippen molar-refractivity contribution >= 4 is 5.97 Å². The Morgan fingerprint density at radius 2 is 1.71 bits per heavy atom. The highest BCUT2D eigenvalue weighted by atomic mass is 16.5. The Kier molecular flexibility index (Phi) is 5.65. The maximum absolute atomic E-state index is 11.9. The average molecular weight is 332 g/mol. The smallest absolute Gasteiger partial charge is 0.335 e. The van der Waals surface area contributed by atoms with Crippen molar-refractivity contribution in [2.24, 2.45) is 0 Å². The highest BCUT2D eigenvalue weighted by Crippen LogP contribution is 2.43. The number of methoxy groups -OCH3 is 3. The monoisotopic (exact) mass is 332 g/mol. The van der Waals surface area contributed by atoms with Crippen molar-refractivity contribution in [3.8, 4) is 17.2 Å². The summed E-state index contributed by atoms with van der Waals surface area (Å²) in [5, 5.41) is 20.9. The van der Waals surface area contributed by atoms with E-state index < -0.39 is 18.0 Å². The topological polar surface area (TPSA) is 85.2 Å². The zero-order valence-corrected chi connectivity index (χ0v) is 13.7. The molecular weight excluding hydrogens is 312 g/mol. The van der Waals surface area contributed by atoms with E-state index in [0.29, 0.717) is 17.1 Å². The predicted octanol–water partition coefficient (Wildman–Crippen LogP) is 2.08. The summed E-state index contributed by atoms with van der Waals surface area (Å²) in [5.41, 5.74) is 0.913. The number of aliphatic hydroxyl groups is 1. The normalized spacial score (nSPS) is 13.0. The molecule has 0 saturated heterocycles. The number of rotatable bonds is 6. The predicted molar refractivity (Wildman–Crippen MR) is 87.5 cm³/mol. The zero-order chi connectivity index (χ0) is 17.7. The number of phenols is 1. The third-order valence-electron chi connectivity index (χ3n) is 3.78. The van der Waals surface area contributed by atoms with Crippen LogP contribution < -0.4 is 9.47 Å². The molecule has 24 heavy (non-hydrogen) atoms. The van der Waals surface area contributed by atoms with Gasteiger partial charge in [-0.25, -0.2) is 4.79 Å². The summed E-state index contributed by atoms with van der Waals surface area (Å²) in [6, 6.07) is 11.8. The lowest BCUT2D eigenvalue weighted by Crippen LogP contribution is -2.30. The van der Waals surface area contributed by atoms with E-state index in [2.05, 4.69) is 4.74 Å². The van der Waals surface area contributed by atoms with Gasteiger partial charge in [-0.1, -0.05) is 30.3 Å². The van der Waals surface area contributed by atoms with E-state index in [9.17, 15) is 15.0 Å². The van der Waals surface area contributed by atoms with Crippen molar-refractivity contribution < 1.29 is 29.2 Å². The van der Waals surface area contributed by atoms with Crippen LogP contribution in [0.1, 0.15) is 17.0 Å². The number of esters is 1. The second kappa shape index (κ2) is 7.70. The Balaban J connectivity index is 2.66. The fourth-order valence-corrected chi connectivity index (χ4v) is 2.61. The number of phenolic OH excluding ortho intramolecular Hbond substituents is 1. The van der Waals surface area contributed by atoms with E-state index in [-0.39, 0.29) is 11.3 Å². The van der Waals surface area contributed by atoms with E-state index in [1.807, 2.05) is 6.07 Å². The molecule has 6 heteroatoms. The van der Waals surface area contributed by atoms with Gasteiger partial charge in [-0.05, 0) is 5.56 Å². The van der Waals surface area contributed by atoms with E-state index >= 15 is 0 Å². The largest absolute Gasteiger partial charge is 0.507 e. The van der Waals surface area contributed by atoms with Crippen LogP contribution >= 0.6 is 0 Å². The van der Waals surface area contributed by atoms with E-state index in [4.69, 9.17) is 9.47 Å². The van der Waals surface area contributed by atoms with Crippen LogP contribution in [-0.2, 0) is 9.53 Å². The van der Waals surface area contributed by atoms with E-state index in [1.54, 1.807) is 30.3 Å². The summed E-state index contributed by atoms with van der Waals surface area (Å²) in [4.78, 5) is 11.9. The van der Waals surface area contributed by atoms with Crippen LogP contribution in [-0.4, -0.2) is 43.6 Å². The van der Waals surface area contributed by atoms with Crippen LogP contribution in [0.15, 0.2) is 42.5 Å². The molecule has 0 aliphatic carbocycles. The first kappa shape index (κ1) is 17.6. The molecule has 2 rings (SSSR count). The number of hydrogen-bond acceptors (Lipinski definition) is 6. The van der Waals surface area contributed by atoms with Crippen molar-refractivity contribution in [1.82, 2.24) is 0 Å². The summed E-state index contributed by atoms with van der Waals surface area (Å²) in [6.07, 6.45) is -1.51. The van der Waals surface area contributed by atoms with Gasteiger partial charge in [0, 0.05) is 17.7 Å². The lowest BCUT2D eigenvalue weighted by molar-refractivity contribution is -0.151. The second-order valence-corrected chi connectivity index (χ2v) is 5.12. The summed E-state index contributed by atoms with van der Waals surface area (Å²) in [6.45, 7) is 0. The summed E-state index contributed by atoms with van der Waals surface area (Å²) < 4.78 is 15.1. The molecule has 0 aliphatic rings. The molecule has 0 radical (unpaired) electrons. The summed E-state index contributed by atoms with van der Waals surface area (Å²) >= 11 is 0. The number of benzene rings is 2. The minimum Gasteiger partial charge on any atom is -0.507 e. The van der Waals surface area contributed by atoms with Gasteiger partial charge in [0.25, 0.3) is 0 Å². The van der Waals surface area contributed by atoms with Crippen molar-refractivity contribution in [2.75, 3.05) is 21.3 Å². The molecule has 0 bridgehead atoms. The van der Waals surface area contributed by atoms with Crippen molar-refractivity contribution in [3.63, 3.8) is 0 Å². The maximum Gasteiger partial charge on any atom is 0.335 e. The van der Waals surface area contributed by atoms with Gasteiger partial charge in [-0.15, -0.1) is 0 Å². The van der Waals surface area contributed by atoms with Gasteiger partial charge in [0.15, 0.2) is 6.10 Å². The maximum atomic E-state index is 11.9. The van der Waals surface area contributed by atoms with Crippen LogP contribution in [0.5, 0.6) is 17.2 Å². The first-order valence-corrected chi connectivity index (χ1v) is 7.29. The van der Waals surface area contributed by atoms with E-state index in [0.717, 1.165) is 0 Å². The minimum atomic E-state index is -1.51. The Hall–Kier alpha value is -2.73. The number of aliphatic hydroxyl groups excluding tert-OH is 1. The van der Waals surface area contributed by atoms with Gasteiger partial charge in [-0.3, -0.25) is 0 Å². The molecule has 2 N–H and O–H groups in total. The molecule has 0 unspecified atom stereocenters. The molecule has 6 nitrogen and oxygen atoms in total. The molecule has 0 spiro atoms. The lowest BCUT2D eigenvalue weighted by atomic mass is 9.85. The van der Waals surface area contributed by atoms with Crippen molar-refractivity contribution in [3.05, 3.63) is 53.6 Å². The fraction of sp³-hybridized carbons (Fsp3) is 0.278. The van der Waals surface area contributed by atoms with Gasteiger partial charge in [0.1, 0.15) is 17.2 Å². The quantitative estimate of drug-likeness (QED) is 0.788. The molecule has 128 valence electrons. The highest BCUT2D eigenvalue weighted by molar-refractivity contribution is 5.77. The Bertz CT molecular complexity index is 698. The van der Waals surface area contributed by atoms with Gasteiger partial charge in [-0.2, -0.15) is 0 Å². The van der Waals surface area contributed by atoms with Crippen LogP contribution in [0, 0.1) is 0 Å². The lowest BCUT2D eigenvalue weighted by Gasteiger charge is -2.25. The van der Waals surface area contributed by atoms with Crippen LogP contribution in [0.2, 0.25) is 0 Å². The molecule has 0 aromatic heterocycles. The highest BCUT2D eigenvalue weighted by Gasteiger charge is 2.34. The van der Waals surface area contributed by atoms with Gasteiger partial charge in [0.2, 0.25) is 0 Å². The van der Waals surface area contributed by atoms with Crippen molar-refractivity contribution in [1.29, 1.82) is 0 Å².